The van der Waals surface area contributed by atoms with Gasteiger partial charge in [0.25, 0.3) is 5.91 Å². The molecule has 9 nitrogen and oxygen atoms in total. The number of hydrogen-bond donors (Lipinski definition) is 3. The Morgan fingerprint density at radius 2 is 1.81 bits per heavy atom. The van der Waals surface area contributed by atoms with Crippen LogP contribution in [-0.4, -0.2) is 45.2 Å². The van der Waals surface area contributed by atoms with Crippen molar-refractivity contribution in [3.8, 4) is 11.4 Å². The van der Waals surface area contributed by atoms with E-state index in [4.69, 9.17) is 4.98 Å². The first-order chi connectivity index (χ1) is 18.0. The van der Waals surface area contributed by atoms with Gasteiger partial charge in [-0.3, -0.25) is 9.89 Å². The molecule has 0 radical (unpaired) electrons. The Labute approximate surface area is 216 Å². The van der Waals surface area contributed by atoms with Crippen LogP contribution in [0, 0.1) is 0 Å². The highest BCUT2D eigenvalue weighted by Gasteiger charge is 2.13. The zero-order valence-corrected chi connectivity index (χ0v) is 20.9. The SMILES string of the molecule is CN(C)c1cc(NC(=O)c2cc3ccc(-c4nccc(Nc5ccc6[nH]ncc6c5)n4)cc3s2)ccn1. The molecular formula is C27H22N8OS. The second-order valence-electron chi connectivity index (χ2n) is 8.68. The number of amides is 1. The van der Waals surface area contributed by atoms with Gasteiger partial charge < -0.3 is 15.5 Å². The standard InChI is InChI=1S/C27H22N8OS/c1-35(2)25-14-20(7-9-28-25)32-27(36)23-12-16-3-4-17(13-22(16)37-23)26-29-10-8-24(33-26)31-19-5-6-21-18(11-19)15-30-34-21/h3-15H,1-2H3,(H,30,34)(H,28,32,36)(H,29,31,33). The highest BCUT2D eigenvalue weighted by atomic mass is 32.1. The van der Waals surface area contributed by atoms with Crippen LogP contribution < -0.4 is 15.5 Å². The van der Waals surface area contributed by atoms with Crippen molar-refractivity contribution in [1.82, 2.24) is 25.1 Å². The quantitative estimate of drug-likeness (QED) is 0.266. The molecule has 3 N–H and O–H groups in total. The molecule has 0 saturated carbocycles. The van der Waals surface area contributed by atoms with E-state index < -0.39 is 0 Å². The summed E-state index contributed by atoms with van der Waals surface area (Å²) in [5, 5.41) is 15.3. The maximum Gasteiger partial charge on any atom is 0.265 e. The molecule has 37 heavy (non-hydrogen) atoms. The number of H-pyrrole nitrogens is 1. The number of hydrogen-bond acceptors (Lipinski definition) is 8. The van der Waals surface area contributed by atoms with Gasteiger partial charge in [-0.25, -0.2) is 15.0 Å². The highest BCUT2D eigenvalue weighted by Crippen LogP contribution is 2.31. The van der Waals surface area contributed by atoms with E-state index in [0.29, 0.717) is 22.2 Å². The van der Waals surface area contributed by atoms with Crippen molar-refractivity contribution in [2.45, 2.75) is 0 Å². The minimum atomic E-state index is -0.157. The number of rotatable bonds is 6. The predicted octanol–water partition coefficient (Wildman–Crippen LogP) is 5.69. The number of aromatic nitrogens is 5. The summed E-state index contributed by atoms with van der Waals surface area (Å²) in [7, 11) is 3.82. The van der Waals surface area contributed by atoms with Gasteiger partial charge in [0.15, 0.2) is 5.82 Å². The highest BCUT2D eigenvalue weighted by molar-refractivity contribution is 7.21. The number of aromatic amines is 1. The molecule has 2 aromatic carbocycles. The fraction of sp³-hybridized carbons (Fsp3) is 0.0741. The molecule has 10 heteroatoms. The van der Waals surface area contributed by atoms with Crippen molar-refractivity contribution in [3.05, 3.63) is 84.1 Å². The third kappa shape index (κ3) is 4.69. The van der Waals surface area contributed by atoms with Crippen LogP contribution in [0.1, 0.15) is 9.67 Å². The summed E-state index contributed by atoms with van der Waals surface area (Å²) in [5.74, 6) is 1.91. The van der Waals surface area contributed by atoms with E-state index in [1.165, 1.54) is 11.3 Å². The number of anilines is 4. The van der Waals surface area contributed by atoms with Crippen LogP contribution in [0.3, 0.4) is 0 Å². The number of nitrogens with zero attached hydrogens (tertiary/aromatic N) is 5. The molecule has 6 aromatic rings. The molecule has 182 valence electrons. The lowest BCUT2D eigenvalue weighted by Gasteiger charge is -2.12. The van der Waals surface area contributed by atoms with Gasteiger partial charge >= 0.3 is 0 Å². The van der Waals surface area contributed by atoms with Crippen molar-refractivity contribution in [2.75, 3.05) is 29.6 Å². The van der Waals surface area contributed by atoms with Gasteiger partial charge in [0.2, 0.25) is 0 Å². The van der Waals surface area contributed by atoms with E-state index in [0.717, 1.165) is 38.1 Å². The summed E-state index contributed by atoms with van der Waals surface area (Å²) in [5.41, 5.74) is 3.46. The average molecular weight is 507 g/mol. The summed E-state index contributed by atoms with van der Waals surface area (Å²) in [6.07, 6.45) is 5.20. The minimum Gasteiger partial charge on any atom is -0.363 e. The van der Waals surface area contributed by atoms with Crippen molar-refractivity contribution in [2.24, 2.45) is 0 Å². The van der Waals surface area contributed by atoms with Gasteiger partial charge in [0, 0.05) is 59.6 Å². The smallest absolute Gasteiger partial charge is 0.265 e. The lowest BCUT2D eigenvalue weighted by molar-refractivity contribution is 0.103. The number of benzene rings is 2. The van der Waals surface area contributed by atoms with Gasteiger partial charge in [-0.2, -0.15) is 5.10 Å². The van der Waals surface area contributed by atoms with Gasteiger partial charge in [-0.05, 0) is 47.9 Å². The number of pyridine rings is 1. The lowest BCUT2D eigenvalue weighted by Crippen LogP contribution is -2.13. The van der Waals surface area contributed by atoms with Gasteiger partial charge in [-0.15, -0.1) is 11.3 Å². The zero-order valence-electron chi connectivity index (χ0n) is 20.1. The van der Waals surface area contributed by atoms with E-state index in [1.54, 1.807) is 24.7 Å². The second-order valence-corrected chi connectivity index (χ2v) is 9.76. The predicted molar refractivity (Wildman–Crippen MR) is 149 cm³/mol. The third-order valence-electron chi connectivity index (χ3n) is 5.83. The molecule has 0 fully saturated rings. The molecule has 4 heterocycles. The van der Waals surface area contributed by atoms with Gasteiger partial charge in [0.1, 0.15) is 11.6 Å². The van der Waals surface area contributed by atoms with Gasteiger partial charge in [-0.1, -0.05) is 12.1 Å². The number of carbonyl (C=O) groups is 1. The fourth-order valence-corrected chi connectivity index (χ4v) is 4.95. The fourth-order valence-electron chi connectivity index (χ4n) is 3.95. The molecule has 0 saturated heterocycles. The average Bonchev–Trinajstić information content (AvgIpc) is 3.55. The normalized spacial score (nSPS) is 11.1. The first-order valence-electron chi connectivity index (χ1n) is 11.5. The Bertz CT molecular complexity index is 1760. The zero-order chi connectivity index (χ0) is 25.4. The largest absolute Gasteiger partial charge is 0.363 e. The van der Waals surface area contributed by atoms with Crippen molar-refractivity contribution < 1.29 is 4.79 Å². The van der Waals surface area contributed by atoms with E-state index in [-0.39, 0.29) is 5.91 Å². The van der Waals surface area contributed by atoms with Crippen LogP contribution in [0.25, 0.3) is 32.4 Å². The monoisotopic (exact) mass is 506 g/mol. The molecule has 1 amide bonds. The van der Waals surface area contributed by atoms with E-state index in [2.05, 4.69) is 30.8 Å². The van der Waals surface area contributed by atoms with Crippen LogP contribution in [0.5, 0.6) is 0 Å². The van der Waals surface area contributed by atoms with Crippen LogP contribution in [0.4, 0.5) is 23.0 Å². The van der Waals surface area contributed by atoms with Crippen LogP contribution >= 0.6 is 11.3 Å². The molecule has 4 aromatic heterocycles. The molecule has 0 aliphatic heterocycles. The first-order valence-corrected chi connectivity index (χ1v) is 12.4. The summed E-state index contributed by atoms with van der Waals surface area (Å²) in [6, 6.07) is 19.3. The maximum atomic E-state index is 12.9. The van der Waals surface area contributed by atoms with E-state index >= 15 is 0 Å². The molecule has 0 atom stereocenters. The van der Waals surface area contributed by atoms with E-state index in [1.807, 2.05) is 73.6 Å². The lowest BCUT2D eigenvalue weighted by atomic mass is 10.1. The van der Waals surface area contributed by atoms with Gasteiger partial charge in [0.05, 0.1) is 16.6 Å². The van der Waals surface area contributed by atoms with Crippen molar-refractivity contribution in [1.29, 1.82) is 0 Å². The molecule has 0 aliphatic rings. The molecule has 0 spiro atoms. The summed E-state index contributed by atoms with van der Waals surface area (Å²) in [4.78, 5) is 28.9. The second kappa shape index (κ2) is 9.32. The van der Waals surface area contributed by atoms with Crippen LogP contribution in [0.2, 0.25) is 0 Å². The third-order valence-corrected chi connectivity index (χ3v) is 6.93. The van der Waals surface area contributed by atoms with Crippen molar-refractivity contribution >= 4 is 61.2 Å². The van der Waals surface area contributed by atoms with Crippen molar-refractivity contribution in [3.63, 3.8) is 0 Å². The molecule has 0 aliphatic carbocycles. The Hall–Kier alpha value is -4.83. The molecule has 6 rings (SSSR count). The maximum absolute atomic E-state index is 12.9. The minimum absolute atomic E-state index is 0.157. The Balaban J connectivity index is 1.23. The number of carbonyl (C=O) groups excluding carboxylic acids is 1. The molecule has 0 unspecified atom stereocenters. The Kier molecular flexibility index (Phi) is 5.70. The van der Waals surface area contributed by atoms with Crippen LogP contribution in [0.15, 0.2) is 79.3 Å². The topological polar surface area (TPSA) is 112 Å². The summed E-state index contributed by atoms with van der Waals surface area (Å²) in [6.45, 7) is 0. The van der Waals surface area contributed by atoms with Crippen LogP contribution in [-0.2, 0) is 0 Å². The Morgan fingerprint density at radius 1 is 0.919 bits per heavy atom. The van der Waals surface area contributed by atoms with E-state index in [9.17, 15) is 4.79 Å². The number of fused-ring (bicyclic) bond motifs is 2. The summed E-state index contributed by atoms with van der Waals surface area (Å²) < 4.78 is 0.985. The first kappa shape index (κ1) is 22.6. The number of thiophene rings is 1. The Morgan fingerprint density at radius 3 is 2.70 bits per heavy atom. The molecular weight excluding hydrogens is 484 g/mol. The summed E-state index contributed by atoms with van der Waals surface area (Å²) >= 11 is 1.43. The number of nitrogens with one attached hydrogen (secondary N) is 3. The molecule has 0 bridgehead atoms.